The number of aliphatic hydroxyl groups excluding tert-OH is 2. The number of rotatable bonds is 56. The van der Waals surface area contributed by atoms with Crippen LogP contribution >= 0.6 is 0 Å². The summed E-state index contributed by atoms with van der Waals surface area (Å²) >= 11 is 0. The molecule has 3 N–H and O–H groups in total. The summed E-state index contributed by atoms with van der Waals surface area (Å²) in [5.74, 6) is -0.478. The van der Waals surface area contributed by atoms with E-state index in [4.69, 9.17) is 4.74 Å². The molecule has 0 bridgehead atoms. The van der Waals surface area contributed by atoms with E-state index in [1.807, 2.05) is 0 Å². The summed E-state index contributed by atoms with van der Waals surface area (Å²) in [6.45, 7) is 6.47. The molecule has 0 fully saturated rings. The topological polar surface area (TPSA) is 95.9 Å². The van der Waals surface area contributed by atoms with Crippen LogP contribution in [-0.4, -0.2) is 46.9 Å². The van der Waals surface area contributed by atoms with Crippen LogP contribution in [0.25, 0.3) is 0 Å². The fourth-order valence-electron chi connectivity index (χ4n) is 9.43. The van der Waals surface area contributed by atoms with Crippen molar-refractivity contribution < 1.29 is 24.5 Å². The molecule has 0 saturated carbocycles. The molecule has 6 heteroatoms. The number of esters is 1. The van der Waals surface area contributed by atoms with Crippen LogP contribution < -0.4 is 5.32 Å². The lowest BCUT2D eigenvalue weighted by molar-refractivity contribution is -0.151. The average molecular weight is 983 g/mol. The second-order valence-corrected chi connectivity index (χ2v) is 21.1. The first-order chi connectivity index (χ1) is 34.5. The van der Waals surface area contributed by atoms with Crippen molar-refractivity contribution in [2.45, 2.75) is 341 Å². The Morgan fingerprint density at radius 3 is 1.11 bits per heavy atom. The summed E-state index contributed by atoms with van der Waals surface area (Å²) in [4.78, 5) is 26.4. The number of aliphatic hydroxyl groups is 2. The number of nitrogens with one attached hydrogen (secondary N) is 1. The number of hydrogen-bond acceptors (Lipinski definition) is 5. The largest absolute Gasteiger partial charge is 0.462 e. The van der Waals surface area contributed by atoms with E-state index >= 15 is 0 Å². The molecule has 0 aromatic carbocycles. The van der Waals surface area contributed by atoms with E-state index < -0.39 is 18.2 Å². The first-order valence-corrected chi connectivity index (χ1v) is 30.9. The summed E-state index contributed by atoms with van der Waals surface area (Å²) in [6, 6.07) is -0.708. The zero-order valence-electron chi connectivity index (χ0n) is 46.9. The number of carbonyl (C=O) groups is 2. The van der Waals surface area contributed by atoms with Crippen LogP contribution in [-0.2, 0) is 14.3 Å². The minimum absolute atomic E-state index is 0.0682. The van der Waals surface area contributed by atoms with E-state index in [9.17, 15) is 19.8 Å². The maximum absolute atomic E-state index is 13.3. The Balaban J connectivity index is 4.52. The Morgan fingerprint density at radius 2 is 0.729 bits per heavy atom. The van der Waals surface area contributed by atoms with Crippen molar-refractivity contribution in [2.75, 3.05) is 6.61 Å². The highest BCUT2D eigenvalue weighted by Gasteiger charge is 2.24. The average Bonchev–Trinajstić information content (AvgIpc) is 3.35. The molecule has 0 radical (unpaired) electrons. The zero-order valence-corrected chi connectivity index (χ0v) is 46.9. The van der Waals surface area contributed by atoms with Crippen LogP contribution in [0.4, 0.5) is 0 Å². The van der Waals surface area contributed by atoms with E-state index in [1.54, 1.807) is 0 Å². The third-order valence-electron chi connectivity index (χ3n) is 14.1. The lowest BCUT2D eigenvalue weighted by Crippen LogP contribution is -2.46. The summed E-state index contributed by atoms with van der Waals surface area (Å²) in [7, 11) is 0. The Hall–Kier alpha value is -2.18. The molecule has 0 aromatic rings. The van der Waals surface area contributed by atoms with Gasteiger partial charge in [-0.3, -0.25) is 9.59 Å². The van der Waals surface area contributed by atoms with Crippen molar-refractivity contribution in [2.24, 2.45) is 0 Å². The van der Waals surface area contributed by atoms with E-state index in [0.717, 1.165) is 70.6 Å². The summed E-state index contributed by atoms with van der Waals surface area (Å²) < 4.78 is 5.97. The molecule has 0 aliphatic heterocycles. The van der Waals surface area contributed by atoms with E-state index in [1.165, 1.54) is 205 Å². The smallest absolute Gasteiger partial charge is 0.306 e. The SMILES string of the molecule is CCCCC/C=C\C/C=C\CCCCCCCCCCCC(=O)OC(CCCCCCC/C=C\C/C=C\CCCCC)CC(=O)NC(CO)C(O)CCCCCCCCCCCCCCCCCCC. The zero-order chi connectivity index (χ0) is 50.9. The van der Waals surface area contributed by atoms with Crippen molar-refractivity contribution in [3.05, 3.63) is 48.6 Å². The van der Waals surface area contributed by atoms with Crippen molar-refractivity contribution in [3.8, 4) is 0 Å². The Kier molecular flexibility index (Phi) is 55.9. The molecule has 410 valence electrons. The maximum Gasteiger partial charge on any atom is 0.306 e. The van der Waals surface area contributed by atoms with Crippen LogP contribution in [0.1, 0.15) is 323 Å². The van der Waals surface area contributed by atoms with Gasteiger partial charge in [0.05, 0.1) is 25.2 Å². The molecule has 0 aromatic heterocycles. The first-order valence-electron chi connectivity index (χ1n) is 30.9. The first kappa shape index (κ1) is 67.8. The molecule has 1 amide bonds. The molecule has 0 spiro atoms. The highest BCUT2D eigenvalue weighted by atomic mass is 16.5. The van der Waals surface area contributed by atoms with Gasteiger partial charge < -0.3 is 20.3 Å². The van der Waals surface area contributed by atoms with E-state index in [0.29, 0.717) is 19.3 Å². The monoisotopic (exact) mass is 982 g/mol. The van der Waals surface area contributed by atoms with Gasteiger partial charge >= 0.3 is 5.97 Å². The number of ether oxygens (including phenoxy) is 1. The molecule has 0 aliphatic carbocycles. The minimum atomic E-state index is -0.794. The lowest BCUT2D eigenvalue weighted by Gasteiger charge is -2.24. The summed E-state index contributed by atoms with van der Waals surface area (Å²) in [5, 5.41) is 24.0. The highest BCUT2D eigenvalue weighted by molar-refractivity contribution is 5.77. The number of unbranched alkanes of at least 4 members (excludes halogenated alkanes) is 36. The van der Waals surface area contributed by atoms with Crippen LogP contribution in [0.2, 0.25) is 0 Å². The van der Waals surface area contributed by atoms with Gasteiger partial charge in [-0.2, -0.15) is 0 Å². The number of amides is 1. The molecular formula is C64H119NO5. The second kappa shape index (κ2) is 57.7. The van der Waals surface area contributed by atoms with Crippen LogP contribution in [0.3, 0.4) is 0 Å². The Bertz CT molecular complexity index is 1190. The van der Waals surface area contributed by atoms with Gasteiger partial charge in [0.15, 0.2) is 0 Å². The standard InChI is InChI=1S/C64H119NO5/c1-4-7-10-13-16-19-22-25-28-30-31-33-36-39-42-45-48-51-54-57-64(69)70-60(55-52-49-46-43-40-37-34-27-24-21-18-15-12-9-6-3)58-63(68)65-61(59-66)62(67)56-53-50-47-44-41-38-35-32-29-26-23-20-17-14-11-8-5-2/h16,18-19,21,25,27-28,34,60-62,66-67H,4-15,17,20,22-24,26,29-33,35-59H2,1-3H3,(H,65,68)/b19-16-,21-18-,28-25-,34-27-. The van der Waals surface area contributed by atoms with Gasteiger partial charge in [-0.25, -0.2) is 0 Å². The van der Waals surface area contributed by atoms with Crippen molar-refractivity contribution >= 4 is 11.9 Å². The van der Waals surface area contributed by atoms with Gasteiger partial charge in [0.1, 0.15) is 6.10 Å². The number of allylic oxidation sites excluding steroid dienone is 8. The van der Waals surface area contributed by atoms with Gasteiger partial charge in [0, 0.05) is 6.42 Å². The molecule has 3 unspecified atom stereocenters. The predicted octanol–water partition coefficient (Wildman–Crippen LogP) is 19.4. The third-order valence-corrected chi connectivity index (χ3v) is 14.1. The number of hydrogen-bond donors (Lipinski definition) is 3. The van der Waals surface area contributed by atoms with Crippen LogP contribution in [0, 0.1) is 0 Å². The van der Waals surface area contributed by atoms with Crippen LogP contribution in [0.15, 0.2) is 48.6 Å². The van der Waals surface area contributed by atoms with Gasteiger partial charge in [0.2, 0.25) is 5.91 Å². The van der Waals surface area contributed by atoms with Gasteiger partial charge in [-0.05, 0) is 89.9 Å². The molecule has 0 saturated heterocycles. The Morgan fingerprint density at radius 1 is 0.414 bits per heavy atom. The normalized spacial score (nSPS) is 13.4. The fraction of sp³-hybridized carbons (Fsp3) is 0.844. The molecule has 3 atom stereocenters. The van der Waals surface area contributed by atoms with Gasteiger partial charge in [-0.15, -0.1) is 0 Å². The molecule has 6 nitrogen and oxygen atoms in total. The minimum Gasteiger partial charge on any atom is -0.462 e. The maximum atomic E-state index is 13.3. The third kappa shape index (κ3) is 52.2. The van der Waals surface area contributed by atoms with Gasteiger partial charge in [0.25, 0.3) is 0 Å². The number of carbonyl (C=O) groups excluding carboxylic acids is 2. The highest BCUT2D eigenvalue weighted by Crippen LogP contribution is 2.19. The quantitative estimate of drug-likeness (QED) is 0.0321. The lowest BCUT2D eigenvalue weighted by atomic mass is 10.0. The van der Waals surface area contributed by atoms with Gasteiger partial charge in [-0.1, -0.05) is 268 Å². The van der Waals surface area contributed by atoms with Crippen molar-refractivity contribution in [1.82, 2.24) is 5.32 Å². The van der Waals surface area contributed by atoms with Crippen molar-refractivity contribution in [3.63, 3.8) is 0 Å². The summed E-state index contributed by atoms with van der Waals surface area (Å²) in [5.41, 5.74) is 0. The fourth-order valence-corrected chi connectivity index (χ4v) is 9.43. The van der Waals surface area contributed by atoms with Crippen molar-refractivity contribution in [1.29, 1.82) is 0 Å². The second-order valence-electron chi connectivity index (χ2n) is 21.1. The van der Waals surface area contributed by atoms with Crippen LogP contribution in [0.5, 0.6) is 0 Å². The predicted molar refractivity (Wildman–Crippen MR) is 305 cm³/mol. The Labute approximate surface area is 436 Å². The molecule has 0 heterocycles. The molecule has 0 aliphatic rings. The molecule has 0 rings (SSSR count). The molecular weight excluding hydrogens is 863 g/mol. The molecule has 70 heavy (non-hydrogen) atoms. The van der Waals surface area contributed by atoms with E-state index in [-0.39, 0.29) is 24.9 Å². The van der Waals surface area contributed by atoms with E-state index in [2.05, 4.69) is 74.7 Å². The summed E-state index contributed by atoms with van der Waals surface area (Å²) in [6.07, 6.45) is 71.8.